The Morgan fingerprint density at radius 2 is 1.88 bits per heavy atom. The summed E-state index contributed by atoms with van der Waals surface area (Å²) in [4.78, 5) is 28.5. The summed E-state index contributed by atoms with van der Waals surface area (Å²) in [5, 5.41) is 0. The number of likely N-dealkylation sites (tertiary alicyclic amines) is 1. The number of amides is 1. The minimum absolute atomic E-state index is 0.0275. The molecule has 1 amide bonds. The largest absolute Gasteiger partial charge is 0.490 e. The molecule has 132 valence electrons. The summed E-state index contributed by atoms with van der Waals surface area (Å²) in [7, 11) is 0. The van der Waals surface area contributed by atoms with E-state index in [-0.39, 0.29) is 23.1 Å². The van der Waals surface area contributed by atoms with E-state index in [2.05, 4.69) is 4.98 Å². The Balaban J connectivity index is 1.60. The van der Waals surface area contributed by atoms with Crippen molar-refractivity contribution < 1.29 is 14.3 Å². The fourth-order valence-corrected chi connectivity index (χ4v) is 2.94. The lowest BCUT2D eigenvalue weighted by Gasteiger charge is -2.32. The van der Waals surface area contributed by atoms with Crippen molar-refractivity contribution in [3.63, 3.8) is 0 Å². The summed E-state index contributed by atoms with van der Waals surface area (Å²) in [6.07, 6.45) is 2.99. The lowest BCUT2D eigenvalue weighted by atomic mass is 10.1. The van der Waals surface area contributed by atoms with Crippen molar-refractivity contribution in [2.24, 2.45) is 0 Å². The maximum Gasteiger partial charge on any atom is 0.260 e. The Morgan fingerprint density at radius 1 is 1.16 bits per heavy atom. The minimum atomic E-state index is -0.350. The van der Waals surface area contributed by atoms with Crippen LogP contribution in [-0.4, -0.2) is 41.6 Å². The number of carbonyl (C=O) groups is 1. The molecule has 0 aliphatic carbocycles. The molecule has 3 rings (SSSR count). The topological polar surface area (TPSA) is 71.6 Å². The highest BCUT2D eigenvalue weighted by Crippen LogP contribution is 2.29. The van der Waals surface area contributed by atoms with Crippen LogP contribution in [0.3, 0.4) is 0 Å². The number of carbonyl (C=O) groups excluding carboxylic acids is 1. The van der Waals surface area contributed by atoms with Gasteiger partial charge in [0.15, 0.2) is 11.5 Å². The Labute approximate surface area is 146 Å². The highest BCUT2D eigenvalue weighted by molar-refractivity contribution is 5.93. The van der Waals surface area contributed by atoms with Crippen LogP contribution < -0.4 is 15.0 Å². The number of hydrogen-bond acceptors (Lipinski definition) is 4. The summed E-state index contributed by atoms with van der Waals surface area (Å²) < 4.78 is 11.6. The van der Waals surface area contributed by atoms with Gasteiger partial charge in [-0.3, -0.25) is 9.59 Å². The first-order chi connectivity index (χ1) is 12.2. The third-order valence-electron chi connectivity index (χ3n) is 4.22. The van der Waals surface area contributed by atoms with Crippen LogP contribution in [0.15, 0.2) is 47.4 Å². The van der Waals surface area contributed by atoms with Gasteiger partial charge < -0.3 is 19.4 Å². The van der Waals surface area contributed by atoms with Crippen LogP contribution in [0.25, 0.3) is 0 Å². The van der Waals surface area contributed by atoms with Gasteiger partial charge in [-0.2, -0.15) is 0 Å². The van der Waals surface area contributed by atoms with E-state index in [0.29, 0.717) is 19.7 Å². The number of rotatable bonds is 5. The number of nitrogens with zero attached hydrogens (tertiary/aromatic N) is 1. The fraction of sp³-hybridized carbons (Fsp3) is 0.368. The molecule has 1 saturated heterocycles. The molecule has 1 aliphatic heterocycles. The zero-order valence-corrected chi connectivity index (χ0v) is 14.2. The molecule has 1 aromatic carbocycles. The van der Waals surface area contributed by atoms with Gasteiger partial charge in [0.2, 0.25) is 0 Å². The third kappa shape index (κ3) is 4.02. The second-order valence-electron chi connectivity index (χ2n) is 5.90. The Bertz CT molecular complexity index is 779. The molecule has 1 N–H and O–H groups in total. The van der Waals surface area contributed by atoms with Gasteiger partial charge >= 0.3 is 0 Å². The van der Waals surface area contributed by atoms with Gasteiger partial charge in [-0.15, -0.1) is 0 Å². The number of aromatic nitrogens is 1. The first-order valence-electron chi connectivity index (χ1n) is 8.54. The predicted octanol–water partition coefficient (Wildman–Crippen LogP) is 2.46. The van der Waals surface area contributed by atoms with Crippen LogP contribution in [0, 0.1) is 0 Å². The van der Waals surface area contributed by atoms with E-state index in [4.69, 9.17) is 9.47 Å². The fourth-order valence-electron chi connectivity index (χ4n) is 2.94. The van der Waals surface area contributed by atoms with E-state index in [1.165, 1.54) is 6.20 Å². The quantitative estimate of drug-likeness (QED) is 0.906. The molecule has 2 heterocycles. The second-order valence-corrected chi connectivity index (χ2v) is 5.90. The number of benzene rings is 1. The van der Waals surface area contributed by atoms with Crippen LogP contribution >= 0.6 is 0 Å². The Kier molecular flexibility index (Phi) is 5.38. The number of hydrogen-bond donors (Lipinski definition) is 1. The van der Waals surface area contributed by atoms with E-state index >= 15 is 0 Å². The molecule has 25 heavy (non-hydrogen) atoms. The van der Waals surface area contributed by atoms with E-state index in [9.17, 15) is 9.59 Å². The molecule has 1 aromatic heterocycles. The molecule has 1 fully saturated rings. The average molecular weight is 342 g/mol. The van der Waals surface area contributed by atoms with Crippen molar-refractivity contribution in [1.29, 1.82) is 0 Å². The zero-order chi connectivity index (χ0) is 17.6. The molecule has 1 aliphatic rings. The molecule has 6 heteroatoms. The first-order valence-corrected chi connectivity index (χ1v) is 8.54. The lowest BCUT2D eigenvalue weighted by Crippen LogP contribution is -2.43. The monoisotopic (exact) mass is 342 g/mol. The van der Waals surface area contributed by atoms with E-state index in [0.717, 1.165) is 24.3 Å². The van der Waals surface area contributed by atoms with Crippen LogP contribution in [0.2, 0.25) is 0 Å². The molecule has 0 atom stereocenters. The summed E-state index contributed by atoms with van der Waals surface area (Å²) in [6, 6.07) is 10.8. The molecular weight excluding hydrogens is 320 g/mol. The van der Waals surface area contributed by atoms with Crippen molar-refractivity contribution in [2.75, 3.05) is 19.7 Å². The van der Waals surface area contributed by atoms with Crippen molar-refractivity contribution in [3.05, 3.63) is 58.5 Å². The van der Waals surface area contributed by atoms with Crippen LogP contribution in [-0.2, 0) is 0 Å². The minimum Gasteiger partial charge on any atom is -0.490 e. The molecular formula is C19H22N2O4. The van der Waals surface area contributed by atoms with Crippen molar-refractivity contribution in [3.8, 4) is 11.5 Å². The summed E-state index contributed by atoms with van der Waals surface area (Å²) in [5.74, 6) is 1.24. The molecule has 6 nitrogen and oxygen atoms in total. The number of H-pyrrole nitrogens is 1. The normalized spacial score (nSPS) is 15.0. The smallest absolute Gasteiger partial charge is 0.260 e. The maximum atomic E-state index is 12.5. The van der Waals surface area contributed by atoms with Gasteiger partial charge in [-0.05, 0) is 31.2 Å². The van der Waals surface area contributed by atoms with Crippen LogP contribution in [0.1, 0.15) is 30.1 Å². The maximum absolute atomic E-state index is 12.5. The van der Waals surface area contributed by atoms with Crippen molar-refractivity contribution in [1.82, 2.24) is 9.88 Å². The summed E-state index contributed by atoms with van der Waals surface area (Å²) >= 11 is 0. The Hall–Kier alpha value is -2.76. The second kappa shape index (κ2) is 7.88. The molecule has 0 saturated carbocycles. The van der Waals surface area contributed by atoms with Gasteiger partial charge in [-0.1, -0.05) is 12.1 Å². The van der Waals surface area contributed by atoms with Crippen LogP contribution in [0.5, 0.6) is 11.5 Å². The molecule has 0 radical (unpaired) electrons. The Morgan fingerprint density at radius 3 is 2.56 bits per heavy atom. The molecule has 0 spiro atoms. The van der Waals surface area contributed by atoms with Gasteiger partial charge in [0.05, 0.1) is 6.61 Å². The van der Waals surface area contributed by atoms with E-state index in [1.807, 2.05) is 31.2 Å². The standard InChI is InChI=1S/C19H22N2O4/c1-2-24-16-7-3-4-8-17(16)25-14-9-12-21(13-10-14)19(23)15-6-5-11-20-18(15)22/h3-8,11,14H,2,9-10,12-13H2,1H3,(H,20,22). The average Bonchev–Trinajstić information content (AvgIpc) is 2.64. The van der Waals surface area contributed by atoms with Gasteiger partial charge in [0.1, 0.15) is 11.7 Å². The van der Waals surface area contributed by atoms with E-state index in [1.54, 1.807) is 17.0 Å². The van der Waals surface area contributed by atoms with Gasteiger partial charge in [-0.25, -0.2) is 0 Å². The lowest BCUT2D eigenvalue weighted by molar-refractivity contribution is 0.0587. The highest BCUT2D eigenvalue weighted by atomic mass is 16.5. The summed E-state index contributed by atoms with van der Waals surface area (Å²) in [5.41, 5.74) is -0.167. The van der Waals surface area contributed by atoms with Crippen molar-refractivity contribution >= 4 is 5.91 Å². The number of piperidine rings is 1. The number of aromatic amines is 1. The van der Waals surface area contributed by atoms with Crippen molar-refractivity contribution in [2.45, 2.75) is 25.9 Å². The molecule has 0 unspecified atom stereocenters. The predicted molar refractivity (Wildman–Crippen MR) is 94.2 cm³/mol. The molecule has 2 aromatic rings. The first kappa shape index (κ1) is 17.1. The number of nitrogens with one attached hydrogen (secondary N) is 1. The highest BCUT2D eigenvalue weighted by Gasteiger charge is 2.26. The molecule has 0 bridgehead atoms. The van der Waals surface area contributed by atoms with Gasteiger partial charge in [0.25, 0.3) is 11.5 Å². The summed E-state index contributed by atoms with van der Waals surface area (Å²) in [6.45, 7) is 3.65. The third-order valence-corrected chi connectivity index (χ3v) is 4.22. The SMILES string of the molecule is CCOc1ccccc1OC1CCN(C(=O)c2ccc[nH]c2=O)CC1. The number of para-hydroxylation sites is 2. The van der Waals surface area contributed by atoms with Crippen LogP contribution in [0.4, 0.5) is 0 Å². The number of ether oxygens (including phenoxy) is 2. The zero-order valence-electron chi connectivity index (χ0n) is 14.2. The van der Waals surface area contributed by atoms with Gasteiger partial charge in [0, 0.05) is 32.1 Å². The van der Waals surface area contributed by atoms with E-state index < -0.39 is 0 Å². The number of pyridine rings is 1.